The molecule has 0 aliphatic heterocycles. The summed E-state index contributed by atoms with van der Waals surface area (Å²) >= 11 is 1.46. The van der Waals surface area contributed by atoms with Gasteiger partial charge in [0.1, 0.15) is 0 Å². The van der Waals surface area contributed by atoms with Crippen molar-refractivity contribution < 1.29 is 4.79 Å². The molecule has 0 fully saturated rings. The van der Waals surface area contributed by atoms with E-state index in [-0.39, 0.29) is 5.78 Å². The maximum atomic E-state index is 12.2. The van der Waals surface area contributed by atoms with E-state index in [1.807, 2.05) is 37.4 Å². The number of hydrogen-bond donors (Lipinski definition) is 0. The third-order valence-electron chi connectivity index (χ3n) is 3.48. The van der Waals surface area contributed by atoms with Gasteiger partial charge in [0.25, 0.3) is 0 Å². The monoisotopic (exact) mass is 321 g/mol. The molecule has 2 aromatic heterocycles. The van der Waals surface area contributed by atoms with Crippen molar-refractivity contribution in [3.05, 3.63) is 70.5 Å². The van der Waals surface area contributed by atoms with E-state index in [4.69, 9.17) is 0 Å². The zero-order valence-corrected chi connectivity index (χ0v) is 13.7. The van der Waals surface area contributed by atoms with Crippen molar-refractivity contribution in [1.82, 2.24) is 15.0 Å². The van der Waals surface area contributed by atoms with Crippen molar-refractivity contribution in [3.63, 3.8) is 0 Å². The molecular formula is C18H15N3OS. The molecule has 2 heterocycles. The van der Waals surface area contributed by atoms with E-state index < -0.39 is 0 Å². The number of aryl methyl sites for hydroxylation is 2. The van der Waals surface area contributed by atoms with Gasteiger partial charge in [0.05, 0.1) is 5.69 Å². The molecule has 4 nitrogen and oxygen atoms in total. The molecule has 0 aliphatic carbocycles. The Hall–Kier alpha value is -2.66. The molecule has 0 radical (unpaired) electrons. The van der Waals surface area contributed by atoms with E-state index >= 15 is 0 Å². The molecule has 0 amide bonds. The van der Waals surface area contributed by atoms with Gasteiger partial charge in [-0.15, -0.1) is 11.3 Å². The highest BCUT2D eigenvalue weighted by Crippen LogP contribution is 2.20. The standard InChI is InChI=1S/C18H15N3OS/c1-12-4-5-14(10-13(12)2)16(22)7-6-15-11-23-18(21-15)17-19-8-3-9-20-17/h3-11H,1-2H3/b7-6+. The highest BCUT2D eigenvalue weighted by molar-refractivity contribution is 7.13. The Labute approximate surface area is 138 Å². The Bertz CT molecular complexity index is 869. The summed E-state index contributed by atoms with van der Waals surface area (Å²) in [5.74, 6) is 0.566. The van der Waals surface area contributed by atoms with Crippen LogP contribution in [-0.4, -0.2) is 20.7 Å². The molecule has 23 heavy (non-hydrogen) atoms. The lowest BCUT2D eigenvalue weighted by Crippen LogP contribution is -1.95. The number of nitrogens with zero attached hydrogens (tertiary/aromatic N) is 3. The minimum absolute atomic E-state index is 0.0291. The van der Waals surface area contributed by atoms with E-state index in [9.17, 15) is 4.79 Å². The smallest absolute Gasteiger partial charge is 0.188 e. The average molecular weight is 321 g/mol. The van der Waals surface area contributed by atoms with Gasteiger partial charge in [0.15, 0.2) is 16.6 Å². The molecule has 0 saturated carbocycles. The topological polar surface area (TPSA) is 55.7 Å². The van der Waals surface area contributed by atoms with Gasteiger partial charge in [-0.1, -0.05) is 12.1 Å². The van der Waals surface area contributed by atoms with Gasteiger partial charge in [-0.2, -0.15) is 0 Å². The molecule has 114 valence electrons. The molecule has 3 rings (SSSR count). The van der Waals surface area contributed by atoms with Crippen molar-refractivity contribution in [2.45, 2.75) is 13.8 Å². The van der Waals surface area contributed by atoms with Gasteiger partial charge < -0.3 is 0 Å². The summed E-state index contributed by atoms with van der Waals surface area (Å²) in [4.78, 5) is 25.0. The van der Waals surface area contributed by atoms with Crippen LogP contribution in [0.15, 0.2) is 48.1 Å². The number of carbonyl (C=O) groups is 1. The van der Waals surface area contributed by atoms with E-state index in [1.165, 1.54) is 16.9 Å². The lowest BCUT2D eigenvalue weighted by atomic mass is 10.0. The second-order valence-electron chi connectivity index (χ2n) is 5.15. The first-order chi connectivity index (χ1) is 11.1. The predicted octanol–water partition coefficient (Wildman–Crippen LogP) is 4.11. The molecule has 0 spiro atoms. The Morgan fingerprint density at radius 3 is 2.65 bits per heavy atom. The third kappa shape index (κ3) is 3.57. The Morgan fingerprint density at radius 1 is 1.13 bits per heavy atom. The fraction of sp³-hybridized carbons (Fsp3) is 0.111. The highest BCUT2D eigenvalue weighted by atomic mass is 32.1. The molecule has 1 aromatic carbocycles. The second-order valence-corrected chi connectivity index (χ2v) is 6.00. The molecule has 0 unspecified atom stereocenters. The van der Waals surface area contributed by atoms with E-state index in [1.54, 1.807) is 30.6 Å². The van der Waals surface area contributed by atoms with Crippen LogP contribution >= 0.6 is 11.3 Å². The SMILES string of the molecule is Cc1ccc(C(=O)/C=C/c2csc(-c3ncccn3)n2)cc1C. The molecule has 5 heteroatoms. The average Bonchev–Trinajstić information content (AvgIpc) is 3.05. The Balaban J connectivity index is 1.76. The van der Waals surface area contributed by atoms with Crippen LogP contribution in [0.1, 0.15) is 27.2 Å². The van der Waals surface area contributed by atoms with Gasteiger partial charge in [0, 0.05) is 23.3 Å². The summed E-state index contributed by atoms with van der Waals surface area (Å²) < 4.78 is 0. The summed E-state index contributed by atoms with van der Waals surface area (Å²) in [5.41, 5.74) is 3.71. The summed E-state index contributed by atoms with van der Waals surface area (Å²) in [6.07, 6.45) is 6.64. The molecule has 0 N–H and O–H groups in total. The number of allylic oxidation sites excluding steroid dienone is 1. The summed E-state index contributed by atoms with van der Waals surface area (Å²) in [6.45, 7) is 4.03. The molecule has 0 bridgehead atoms. The van der Waals surface area contributed by atoms with E-state index in [0.717, 1.165) is 16.3 Å². The number of rotatable bonds is 4. The number of ketones is 1. The Morgan fingerprint density at radius 2 is 1.91 bits per heavy atom. The van der Waals surface area contributed by atoms with Crippen molar-refractivity contribution in [1.29, 1.82) is 0 Å². The van der Waals surface area contributed by atoms with Crippen molar-refractivity contribution >= 4 is 23.2 Å². The number of aromatic nitrogens is 3. The first kappa shape index (κ1) is 15.2. The number of carbonyl (C=O) groups excluding carboxylic acids is 1. The second kappa shape index (κ2) is 6.62. The zero-order valence-electron chi connectivity index (χ0n) is 12.9. The third-order valence-corrected chi connectivity index (χ3v) is 4.33. The highest BCUT2D eigenvalue weighted by Gasteiger charge is 2.06. The van der Waals surface area contributed by atoms with E-state index in [0.29, 0.717) is 11.4 Å². The van der Waals surface area contributed by atoms with E-state index in [2.05, 4.69) is 15.0 Å². The van der Waals surface area contributed by atoms with Crippen LogP contribution in [0.2, 0.25) is 0 Å². The van der Waals surface area contributed by atoms with Crippen LogP contribution in [0.5, 0.6) is 0 Å². The summed E-state index contributed by atoms with van der Waals surface area (Å²) in [6, 6.07) is 7.48. The fourth-order valence-electron chi connectivity index (χ4n) is 2.03. The quantitative estimate of drug-likeness (QED) is 0.536. The van der Waals surface area contributed by atoms with Crippen LogP contribution in [0.25, 0.3) is 16.9 Å². The van der Waals surface area contributed by atoms with Gasteiger partial charge in [-0.3, -0.25) is 4.79 Å². The van der Waals surface area contributed by atoms with Crippen molar-refractivity contribution in [2.75, 3.05) is 0 Å². The predicted molar refractivity (Wildman–Crippen MR) is 92.4 cm³/mol. The normalized spacial score (nSPS) is 11.0. The maximum Gasteiger partial charge on any atom is 0.188 e. The molecule has 0 atom stereocenters. The number of hydrogen-bond acceptors (Lipinski definition) is 5. The van der Waals surface area contributed by atoms with Crippen LogP contribution in [-0.2, 0) is 0 Å². The summed E-state index contributed by atoms with van der Waals surface area (Å²) in [5, 5.41) is 2.62. The molecule has 0 aliphatic rings. The van der Waals surface area contributed by atoms with Crippen molar-refractivity contribution in [2.24, 2.45) is 0 Å². The number of benzene rings is 1. The van der Waals surface area contributed by atoms with Gasteiger partial charge in [-0.05, 0) is 49.3 Å². The van der Waals surface area contributed by atoms with Crippen molar-refractivity contribution in [3.8, 4) is 10.8 Å². The zero-order chi connectivity index (χ0) is 16.2. The van der Waals surface area contributed by atoms with Gasteiger partial charge >= 0.3 is 0 Å². The lowest BCUT2D eigenvalue weighted by molar-refractivity contribution is 0.104. The maximum absolute atomic E-state index is 12.2. The van der Waals surface area contributed by atoms with Crippen LogP contribution < -0.4 is 0 Å². The first-order valence-corrected chi connectivity index (χ1v) is 8.04. The van der Waals surface area contributed by atoms with Crippen LogP contribution in [0.3, 0.4) is 0 Å². The Kier molecular flexibility index (Phi) is 4.39. The van der Waals surface area contributed by atoms with Gasteiger partial charge in [-0.25, -0.2) is 15.0 Å². The lowest BCUT2D eigenvalue weighted by Gasteiger charge is -2.01. The van der Waals surface area contributed by atoms with Crippen LogP contribution in [0.4, 0.5) is 0 Å². The molecule has 0 saturated heterocycles. The largest absolute Gasteiger partial charge is 0.289 e. The summed E-state index contributed by atoms with van der Waals surface area (Å²) in [7, 11) is 0. The minimum Gasteiger partial charge on any atom is -0.289 e. The van der Waals surface area contributed by atoms with Crippen LogP contribution in [0, 0.1) is 13.8 Å². The number of thiazole rings is 1. The van der Waals surface area contributed by atoms with Gasteiger partial charge in [0.2, 0.25) is 0 Å². The molecule has 3 aromatic rings. The minimum atomic E-state index is -0.0291. The fourth-order valence-corrected chi connectivity index (χ4v) is 2.76. The first-order valence-electron chi connectivity index (χ1n) is 7.16. The molecular weight excluding hydrogens is 306 g/mol.